The Bertz CT molecular complexity index is 6240. The minimum atomic E-state index is -5.44. The number of fused-ring (bicyclic) bond motifs is 2. The van der Waals surface area contributed by atoms with Gasteiger partial charge >= 0.3 is 12.4 Å². The molecular formula is C82H80F10N6O6S2. The minimum Gasteiger partial charge on any atom is -0.383 e. The first-order valence-electron chi connectivity index (χ1n) is 45.4. The molecule has 2 amide bonds. The largest absolute Gasteiger partial charge is 0.416 e. The van der Waals surface area contributed by atoms with Crippen molar-refractivity contribution in [3.63, 3.8) is 0 Å². The van der Waals surface area contributed by atoms with E-state index in [0.717, 1.165) is 59.5 Å². The predicted molar refractivity (Wildman–Crippen MR) is 395 cm³/mol. The lowest BCUT2D eigenvalue weighted by Crippen LogP contribution is -2.49. The van der Waals surface area contributed by atoms with Gasteiger partial charge in [0.05, 0.1) is 87.0 Å². The maximum Gasteiger partial charge on any atom is 0.416 e. The molecule has 2 aliphatic heterocycles. The zero-order valence-corrected chi connectivity index (χ0v) is 58.2. The maximum atomic E-state index is 15.6. The van der Waals surface area contributed by atoms with Crippen LogP contribution < -0.4 is 10.9 Å². The van der Waals surface area contributed by atoms with Gasteiger partial charge in [0.25, 0.3) is 0 Å². The van der Waals surface area contributed by atoms with E-state index in [1.165, 1.54) is 55.3 Å². The Morgan fingerprint density at radius 1 is 0.575 bits per heavy atom. The number of methoxy groups -OCH3 is 2. The Hall–Kier alpha value is -9.04. The summed E-state index contributed by atoms with van der Waals surface area (Å²) in [7, 11) is 2.33. The van der Waals surface area contributed by atoms with Crippen LogP contribution in [0.2, 0.25) is 0 Å². The van der Waals surface area contributed by atoms with Gasteiger partial charge in [0.2, 0.25) is 11.8 Å². The van der Waals surface area contributed by atoms with Crippen molar-refractivity contribution in [2.75, 3.05) is 66.6 Å². The van der Waals surface area contributed by atoms with Crippen LogP contribution in [0.4, 0.5) is 43.9 Å². The zero-order valence-electron chi connectivity index (χ0n) is 82.6. The summed E-state index contributed by atoms with van der Waals surface area (Å²) in [6.45, 7) is -12.8. The van der Waals surface area contributed by atoms with E-state index in [1.807, 2.05) is 4.90 Å². The molecule has 2 fully saturated rings. The second-order valence-corrected chi connectivity index (χ2v) is 25.9. The van der Waals surface area contributed by atoms with Crippen LogP contribution in [-0.2, 0) is 62.4 Å². The molecule has 10 aromatic rings. The van der Waals surface area contributed by atoms with E-state index < -0.39 is 274 Å². The average Bonchev–Trinajstić information content (AvgIpc) is 0.710. The second kappa shape index (κ2) is 35.1. The van der Waals surface area contributed by atoms with Crippen LogP contribution in [-0.4, -0.2) is 119 Å². The number of thioether (sulfide) groups is 2. The van der Waals surface area contributed by atoms with Crippen molar-refractivity contribution in [1.29, 1.82) is 0 Å². The first-order valence-corrected chi connectivity index (χ1v) is 34.4. The van der Waals surface area contributed by atoms with Gasteiger partial charge in [0.1, 0.15) is 13.0 Å². The number of para-hydroxylation sites is 1. The first-order chi connectivity index (χ1) is 61.2. The number of rotatable bonds is 24. The molecule has 1 atom stereocenters. The highest BCUT2D eigenvalue weighted by Crippen LogP contribution is 2.37. The summed E-state index contributed by atoms with van der Waals surface area (Å²) >= 11 is 0.899. The third kappa shape index (κ3) is 19.2. The van der Waals surface area contributed by atoms with Crippen LogP contribution in [0, 0.1) is 30.2 Å². The number of aromatic nitrogens is 2. The Morgan fingerprint density at radius 2 is 1.13 bits per heavy atom. The fourth-order valence-electron chi connectivity index (χ4n) is 11.5. The molecule has 12 rings (SSSR count). The Labute approximate surface area is 653 Å². The fourth-order valence-corrected chi connectivity index (χ4v) is 13.4. The minimum absolute atomic E-state index is 0.0464. The number of nitrogens with zero attached hydrogens (tertiary/aromatic N) is 6. The van der Waals surface area contributed by atoms with E-state index in [9.17, 15) is 58.7 Å². The van der Waals surface area contributed by atoms with Gasteiger partial charge in [-0.25, -0.2) is 17.6 Å². The number of ether oxygens (including phenoxy) is 2. The van der Waals surface area contributed by atoms with Crippen LogP contribution in [0.3, 0.4) is 0 Å². The van der Waals surface area contributed by atoms with Crippen LogP contribution >= 0.6 is 23.5 Å². The van der Waals surface area contributed by atoms with Crippen molar-refractivity contribution >= 4 is 57.1 Å². The third-order valence-corrected chi connectivity index (χ3v) is 19.1. The van der Waals surface area contributed by atoms with Gasteiger partial charge in [-0.3, -0.25) is 19.2 Å². The lowest BCUT2D eigenvalue weighted by molar-refractivity contribution is -0.138. The molecule has 2 aromatic heterocycles. The van der Waals surface area contributed by atoms with Gasteiger partial charge in [-0.05, 0) is 133 Å². The van der Waals surface area contributed by atoms with Crippen molar-refractivity contribution in [2.24, 2.45) is 0 Å². The predicted octanol–water partition coefficient (Wildman–Crippen LogP) is 17.7. The van der Waals surface area contributed by atoms with Gasteiger partial charge in [-0.1, -0.05) is 121 Å². The van der Waals surface area contributed by atoms with E-state index in [1.54, 1.807) is 36.4 Å². The topological polar surface area (TPSA) is 110 Å². The summed E-state index contributed by atoms with van der Waals surface area (Å²) in [6, 6.07) is -1.88. The van der Waals surface area contributed by atoms with Gasteiger partial charge in [0.15, 0.2) is 34.1 Å². The van der Waals surface area contributed by atoms with Gasteiger partial charge in [-0.2, -0.15) is 26.3 Å². The molecule has 2 aliphatic rings. The third-order valence-electron chi connectivity index (χ3n) is 17.1. The molecule has 4 heterocycles. The molecule has 0 radical (unpaired) electrons. The van der Waals surface area contributed by atoms with Crippen molar-refractivity contribution in [3.8, 4) is 22.3 Å². The smallest absolute Gasteiger partial charge is 0.383 e. The number of hydrogen-bond donors (Lipinski definition) is 0. The number of halogens is 10. The summed E-state index contributed by atoms with van der Waals surface area (Å²) in [6.07, 6.45) is -10.3. The monoisotopic (exact) mass is 1520 g/mol. The number of amides is 2. The molecule has 556 valence electrons. The number of carbonyl (C=O) groups excluding carboxylic acids is 2. The normalized spacial score (nSPS) is 19.0. The number of carbonyl (C=O) groups is 2. The van der Waals surface area contributed by atoms with Gasteiger partial charge in [0, 0.05) is 118 Å². The van der Waals surface area contributed by atoms with Crippen molar-refractivity contribution in [2.45, 2.75) is 111 Å². The summed E-state index contributed by atoms with van der Waals surface area (Å²) < 4.78 is 379. The lowest BCUT2D eigenvalue weighted by atomic mass is 9.96. The van der Waals surface area contributed by atoms with Crippen molar-refractivity contribution in [1.82, 2.24) is 28.7 Å². The Balaban J connectivity index is 0.000000262. The molecule has 0 spiro atoms. The van der Waals surface area contributed by atoms with E-state index in [-0.39, 0.29) is 105 Å². The van der Waals surface area contributed by atoms with E-state index in [0.29, 0.717) is 11.1 Å². The van der Waals surface area contributed by atoms with Crippen LogP contribution in [0.25, 0.3) is 44.1 Å². The Morgan fingerprint density at radius 3 is 1.75 bits per heavy atom. The summed E-state index contributed by atoms with van der Waals surface area (Å²) in [5.74, 6) is -10.4. The Kier molecular flexibility index (Phi) is 16.7. The fraction of sp³-hybridized carbons (Fsp3) is 0.317. The van der Waals surface area contributed by atoms with E-state index >= 15 is 14.0 Å². The van der Waals surface area contributed by atoms with E-state index in [2.05, 4.69) is 0 Å². The number of benzene rings is 8. The van der Waals surface area contributed by atoms with E-state index in [4.69, 9.17) is 35.5 Å². The SMILES string of the molecule is [2H]C([2H])(CN1CCC(N(C(=O)C([2H])([2H])n2c(SCc3cccc(F)c3F)cc(=O)c3ccccc32)C([2H])(C)c2ccc(-c3ccc(C(F)(F)F)cc3)cc2)CC1)OC.[2H]c1c([2H])c(F)c(F)c(CSc2c([2H])c(=O)c3c([2H])c(C)c([2H])c([2H])c3n2C([2H])([2H])C(=O)N(C2CCN(CC([2H])([2H])OC)CC2)C([2H])([2H])c2c([2H])c([2H])c(-c3c([2H])c([2H])c(C(F)(F)F)c([2H])c3[2H])c([2H])c2[2H])c1[2H]. The van der Waals surface area contributed by atoms with Crippen LogP contribution in [0.5, 0.6) is 0 Å². The number of pyridine rings is 2. The van der Waals surface area contributed by atoms with Crippen molar-refractivity contribution < 1.29 is 98.6 Å². The molecule has 1 unspecified atom stereocenters. The number of piperidine rings is 2. The molecule has 8 aromatic carbocycles. The number of alkyl halides is 6. The molecule has 24 heteroatoms. The second-order valence-electron chi connectivity index (χ2n) is 23.9. The standard InChI is InChI=1S/2C41H40F5N3O3S/c1-27(28-10-12-29(13-11-28)30-14-16-32(17-15-30)41(44,45)46)49(33-18-20-47(21-19-33)22-23-52-2)38(51)25-48-36-9-4-3-7-34(36)37(50)24-39(48)53-26-31-6-5-8-35(42)40(31)43;1-27-6-15-36-34(22-27)37(50)23-39(53-26-31-4-3-5-35(42)40(31)43)49(36)25-38(51)48(33-16-18-47(19-17-33)20-21-52-2)24-28-7-9-29(10-8-28)30-11-13-32(14-12-30)41(44,45)46/h3-17,24,27,33H,18-23,25-26H2,1-2H3;3-15,22-23,33H,16-21,24-26H2,1-2H3/i23D2,25D2,27D;3D,4D,5D,6D,7D,8D,9D,10D,11D,12D,13D,14D,15D,21D2,22D,23D,24D2,25D2. The molecule has 0 bridgehead atoms. The van der Waals surface area contributed by atoms with Crippen LogP contribution in [0.1, 0.15) is 113 Å². The average molecular weight is 1530 g/mol. The zero-order chi connectivity index (χ0) is 98.3. The van der Waals surface area contributed by atoms with Crippen molar-refractivity contribution in [3.05, 3.63) is 270 Å². The molecule has 106 heavy (non-hydrogen) atoms. The summed E-state index contributed by atoms with van der Waals surface area (Å²) in [5.41, 5.74) is -9.47. The lowest BCUT2D eigenvalue weighted by Gasteiger charge is -2.42. The molecule has 0 aliphatic carbocycles. The first kappa shape index (κ1) is 50.5. The number of hydrogen-bond acceptors (Lipinski definition) is 10. The molecule has 12 nitrogen and oxygen atoms in total. The summed E-state index contributed by atoms with van der Waals surface area (Å²) in [4.78, 5) is 62.6. The summed E-state index contributed by atoms with van der Waals surface area (Å²) in [5, 5.41) is -1.92. The number of likely N-dealkylation sites (tertiary alicyclic amines) is 2. The maximum absolute atomic E-state index is 15.6. The van der Waals surface area contributed by atoms with Gasteiger partial charge in [-0.15, -0.1) is 23.5 Å². The molecule has 0 saturated carbocycles. The highest BCUT2D eigenvalue weighted by atomic mass is 32.2. The van der Waals surface area contributed by atoms with Crippen LogP contribution in [0.15, 0.2) is 207 Å². The molecule has 0 N–H and O–H groups in total. The highest BCUT2D eigenvalue weighted by molar-refractivity contribution is 7.98. The highest BCUT2D eigenvalue weighted by Gasteiger charge is 2.35. The molecular weight excluding hydrogens is 1420 g/mol. The molecule has 2 saturated heterocycles. The quantitative estimate of drug-likeness (QED) is 0.0428. The van der Waals surface area contributed by atoms with Gasteiger partial charge < -0.3 is 38.2 Å².